The molecule has 0 bridgehead atoms. The van der Waals surface area contributed by atoms with Gasteiger partial charge in [0.25, 0.3) is 0 Å². The summed E-state index contributed by atoms with van der Waals surface area (Å²) < 4.78 is 21.4. The molecule has 0 aliphatic carbocycles. The van der Waals surface area contributed by atoms with Gasteiger partial charge in [-0.1, -0.05) is 36.4 Å². The van der Waals surface area contributed by atoms with E-state index in [2.05, 4.69) is 0 Å². The zero-order valence-electron chi connectivity index (χ0n) is 21.3. The van der Waals surface area contributed by atoms with Crippen LogP contribution < -0.4 is 14.2 Å². The van der Waals surface area contributed by atoms with Gasteiger partial charge in [0.15, 0.2) is 0 Å². The monoisotopic (exact) mass is 505 g/mol. The number of nitrogens with zero attached hydrogens (tertiary/aromatic N) is 1. The van der Waals surface area contributed by atoms with E-state index in [1.807, 2.05) is 24.3 Å². The maximum absolute atomic E-state index is 13.4. The van der Waals surface area contributed by atoms with Crippen molar-refractivity contribution in [2.24, 2.45) is 5.92 Å². The molecule has 1 aliphatic heterocycles. The van der Waals surface area contributed by atoms with Crippen molar-refractivity contribution in [3.05, 3.63) is 89.5 Å². The number of esters is 1. The quantitative estimate of drug-likeness (QED) is 0.331. The van der Waals surface area contributed by atoms with E-state index in [0.717, 1.165) is 16.7 Å². The maximum atomic E-state index is 13.4. The molecule has 1 aliphatic rings. The number of hydrogen-bond donors (Lipinski definition) is 1. The lowest BCUT2D eigenvalue weighted by atomic mass is 9.79. The summed E-state index contributed by atoms with van der Waals surface area (Å²) in [4.78, 5) is 28.3. The van der Waals surface area contributed by atoms with E-state index in [1.165, 1.54) is 11.8 Å². The van der Waals surface area contributed by atoms with Crippen molar-refractivity contribution in [3.8, 4) is 17.2 Å². The fraction of sp³-hybridized carbons (Fsp3) is 0.310. The van der Waals surface area contributed by atoms with E-state index in [4.69, 9.17) is 18.9 Å². The Balaban J connectivity index is 1.66. The van der Waals surface area contributed by atoms with Crippen LogP contribution in [0.25, 0.3) is 0 Å². The first-order chi connectivity index (χ1) is 17.9. The van der Waals surface area contributed by atoms with Gasteiger partial charge in [-0.25, -0.2) is 4.79 Å². The second kappa shape index (κ2) is 11.3. The zero-order valence-corrected chi connectivity index (χ0v) is 21.3. The number of likely N-dealkylation sites (tertiary alicyclic amines) is 1. The van der Waals surface area contributed by atoms with Gasteiger partial charge in [0, 0.05) is 0 Å². The second-order valence-electron chi connectivity index (χ2n) is 8.86. The lowest BCUT2D eigenvalue weighted by Crippen LogP contribution is -2.68. The van der Waals surface area contributed by atoms with Crippen LogP contribution in [0.2, 0.25) is 0 Å². The van der Waals surface area contributed by atoms with Gasteiger partial charge in [-0.3, -0.25) is 4.79 Å². The number of aliphatic hydroxyl groups is 1. The summed E-state index contributed by atoms with van der Waals surface area (Å²) in [6, 6.07) is 20.3. The molecule has 1 N–H and O–H groups in total. The fourth-order valence-electron chi connectivity index (χ4n) is 4.60. The molecule has 0 saturated carbocycles. The molecule has 0 spiro atoms. The van der Waals surface area contributed by atoms with Crippen LogP contribution in [-0.2, 0) is 20.9 Å². The molecule has 1 saturated heterocycles. The number of aliphatic hydroxyl groups excluding tert-OH is 1. The molecular weight excluding hydrogens is 474 g/mol. The Bertz CT molecular complexity index is 1160. The number of methoxy groups -OCH3 is 3. The Hall–Kier alpha value is -4.04. The van der Waals surface area contributed by atoms with Gasteiger partial charge < -0.3 is 29.0 Å². The highest BCUT2D eigenvalue weighted by Gasteiger charge is 2.57. The molecule has 8 nitrogen and oxygen atoms in total. The minimum absolute atomic E-state index is 0.0314. The highest BCUT2D eigenvalue weighted by atomic mass is 16.5. The van der Waals surface area contributed by atoms with Crippen molar-refractivity contribution >= 4 is 11.9 Å². The third-order valence-electron chi connectivity index (χ3n) is 6.62. The summed E-state index contributed by atoms with van der Waals surface area (Å²) >= 11 is 0. The van der Waals surface area contributed by atoms with E-state index in [-0.39, 0.29) is 12.5 Å². The lowest BCUT2D eigenvalue weighted by Gasteiger charge is -2.50. The molecular formula is C29H31NO7. The molecule has 3 atom stereocenters. The summed E-state index contributed by atoms with van der Waals surface area (Å²) in [6.07, 6.45) is -1.02. The van der Waals surface area contributed by atoms with Gasteiger partial charge in [0.2, 0.25) is 5.91 Å². The third-order valence-corrected chi connectivity index (χ3v) is 6.62. The molecule has 1 heterocycles. The largest absolute Gasteiger partial charge is 0.497 e. The molecule has 3 aromatic carbocycles. The minimum Gasteiger partial charge on any atom is -0.497 e. The Morgan fingerprint density at radius 3 is 1.65 bits per heavy atom. The van der Waals surface area contributed by atoms with E-state index < -0.39 is 30.1 Å². The summed E-state index contributed by atoms with van der Waals surface area (Å²) in [5.74, 6) is 0.240. The van der Waals surface area contributed by atoms with Crippen LogP contribution in [0.5, 0.6) is 17.2 Å². The van der Waals surface area contributed by atoms with Gasteiger partial charge in [0.1, 0.15) is 29.9 Å². The van der Waals surface area contributed by atoms with Gasteiger partial charge in [-0.05, 0) is 60.0 Å². The first kappa shape index (κ1) is 26.0. The molecule has 3 unspecified atom stereocenters. The van der Waals surface area contributed by atoms with Crippen LogP contribution in [0.4, 0.5) is 0 Å². The minimum atomic E-state index is -1.02. The first-order valence-electron chi connectivity index (χ1n) is 12.0. The number of benzene rings is 3. The third kappa shape index (κ3) is 5.39. The molecule has 3 aromatic rings. The topological polar surface area (TPSA) is 94.5 Å². The molecule has 194 valence electrons. The first-order valence-corrected chi connectivity index (χ1v) is 12.0. The van der Waals surface area contributed by atoms with Crippen molar-refractivity contribution in [1.29, 1.82) is 0 Å². The van der Waals surface area contributed by atoms with Crippen molar-refractivity contribution in [2.45, 2.75) is 31.7 Å². The molecule has 1 amide bonds. The fourth-order valence-corrected chi connectivity index (χ4v) is 4.60. The average Bonchev–Trinajstić information content (AvgIpc) is 2.93. The SMILES string of the molecule is COc1ccc(COC(=O)C2C(C(C)O)C(=O)N2C(c2ccc(OC)cc2)c2ccc(OC)cc2)cc1. The maximum Gasteiger partial charge on any atom is 0.330 e. The van der Waals surface area contributed by atoms with Crippen molar-refractivity contribution in [3.63, 3.8) is 0 Å². The summed E-state index contributed by atoms with van der Waals surface area (Å²) in [6.45, 7) is 1.54. The molecule has 0 radical (unpaired) electrons. The van der Waals surface area contributed by atoms with E-state index in [9.17, 15) is 14.7 Å². The highest BCUT2D eigenvalue weighted by molar-refractivity contribution is 5.98. The van der Waals surface area contributed by atoms with Crippen LogP contribution in [-0.4, -0.2) is 55.4 Å². The van der Waals surface area contributed by atoms with Crippen LogP contribution in [0.3, 0.4) is 0 Å². The number of amides is 1. The number of carbonyl (C=O) groups is 2. The summed E-state index contributed by atoms with van der Waals surface area (Å²) in [7, 11) is 4.74. The number of rotatable bonds is 10. The molecule has 37 heavy (non-hydrogen) atoms. The summed E-state index contributed by atoms with van der Waals surface area (Å²) in [5, 5.41) is 10.4. The Labute approximate surface area is 216 Å². The second-order valence-corrected chi connectivity index (χ2v) is 8.86. The van der Waals surface area contributed by atoms with Crippen LogP contribution >= 0.6 is 0 Å². The Morgan fingerprint density at radius 1 is 0.811 bits per heavy atom. The van der Waals surface area contributed by atoms with Gasteiger partial charge in [-0.15, -0.1) is 0 Å². The Morgan fingerprint density at radius 2 is 1.24 bits per heavy atom. The molecule has 0 aromatic heterocycles. The van der Waals surface area contributed by atoms with Crippen LogP contribution in [0.15, 0.2) is 72.8 Å². The molecule has 1 fully saturated rings. The van der Waals surface area contributed by atoms with Gasteiger partial charge >= 0.3 is 5.97 Å². The number of β-lactam (4-membered cyclic amide) rings is 1. The van der Waals surface area contributed by atoms with Gasteiger partial charge in [0.05, 0.1) is 39.4 Å². The van der Waals surface area contributed by atoms with Crippen molar-refractivity contribution < 1.29 is 33.6 Å². The number of hydrogen-bond acceptors (Lipinski definition) is 7. The zero-order chi connectivity index (χ0) is 26.5. The van der Waals surface area contributed by atoms with Crippen LogP contribution in [0, 0.1) is 5.92 Å². The van der Waals surface area contributed by atoms with Crippen molar-refractivity contribution in [1.82, 2.24) is 4.90 Å². The van der Waals surface area contributed by atoms with E-state index in [1.54, 1.807) is 69.9 Å². The number of ether oxygens (including phenoxy) is 4. The molecule has 4 rings (SSSR count). The highest BCUT2D eigenvalue weighted by Crippen LogP contribution is 2.42. The Kier molecular flexibility index (Phi) is 7.98. The van der Waals surface area contributed by atoms with E-state index >= 15 is 0 Å². The predicted octanol–water partition coefficient (Wildman–Crippen LogP) is 3.75. The number of carbonyl (C=O) groups excluding carboxylic acids is 2. The van der Waals surface area contributed by atoms with Crippen LogP contribution in [0.1, 0.15) is 29.7 Å². The van der Waals surface area contributed by atoms with Gasteiger partial charge in [-0.2, -0.15) is 0 Å². The average molecular weight is 506 g/mol. The smallest absolute Gasteiger partial charge is 0.330 e. The molecule has 8 heteroatoms. The summed E-state index contributed by atoms with van der Waals surface area (Å²) in [5.41, 5.74) is 2.36. The normalized spacial score (nSPS) is 17.7. The van der Waals surface area contributed by atoms with Crippen molar-refractivity contribution in [2.75, 3.05) is 21.3 Å². The lowest BCUT2D eigenvalue weighted by molar-refractivity contribution is -0.184. The van der Waals surface area contributed by atoms with E-state index in [0.29, 0.717) is 17.2 Å². The predicted molar refractivity (Wildman–Crippen MR) is 136 cm³/mol. The standard InChI is InChI=1S/C29H31NO7/c1-18(31)25-27(29(33)37-17-19-5-11-22(34-2)12-6-19)30(28(25)32)26(20-7-13-23(35-3)14-8-20)21-9-15-24(36-4)16-10-21/h5-16,18,25-27,31H,17H2,1-4H3.